The van der Waals surface area contributed by atoms with E-state index in [2.05, 4.69) is 10.6 Å². The second kappa shape index (κ2) is 3.86. The first kappa shape index (κ1) is 9.30. The van der Waals surface area contributed by atoms with Gasteiger partial charge in [0.25, 0.3) is 0 Å². The van der Waals surface area contributed by atoms with Crippen molar-refractivity contribution < 1.29 is 10.2 Å². The fraction of sp³-hybridized carbons (Fsp3) is 0.400. The molecule has 14 heavy (non-hydrogen) atoms. The largest absolute Gasteiger partial charge is 0.504 e. The number of benzene rings is 1. The molecule has 1 aliphatic rings. The Hall–Kier alpha value is -1.26. The van der Waals surface area contributed by atoms with Gasteiger partial charge >= 0.3 is 0 Å². The summed E-state index contributed by atoms with van der Waals surface area (Å²) in [7, 11) is 0. The Morgan fingerprint density at radius 2 is 2.00 bits per heavy atom. The van der Waals surface area contributed by atoms with E-state index in [0.29, 0.717) is 0 Å². The summed E-state index contributed by atoms with van der Waals surface area (Å²) >= 11 is 0. The molecule has 0 bridgehead atoms. The summed E-state index contributed by atoms with van der Waals surface area (Å²) in [6.45, 7) is 2.75. The molecule has 1 heterocycles. The van der Waals surface area contributed by atoms with E-state index < -0.39 is 0 Å². The first-order chi connectivity index (χ1) is 6.77. The van der Waals surface area contributed by atoms with Gasteiger partial charge in [0.05, 0.1) is 0 Å². The summed E-state index contributed by atoms with van der Waals surface area (Å²) < 4.78 is 0. The Morgan fingerprint density at radius 1 is 1.14 bits per heavy atom. The minimum absolute atomic E-state index is 0.0603. The van der Waals surface area contributed by atoms with E-state index in [1.54, 1.807) is 6.07 Å². The fourth-order valence-corrected chi connectivity index (χ4v) is 1.65. The maximum absolute atomic E-state index is 9.33. The quantitative estimate of drug-likeness (QED) is 0.486. The minimum Gasteiger partial charge on any atom is -0.504 e. The highest BCUT2D eigenvalue weighted by Gasteiger charge is 2.15. The van der Waals surface area contributed by atoms with Crippen LogP contribution in [0.15, 0.2) is 18.2 Å². The third-order valence-corrected chi connectivity index (χ3v) is 2.44. The summed E-state index contributed by atoms with van der Waals surface area (Å²) in [5, 5.41) is 25.1. The number of phenolic OH excluding ortho intramolecular Hbond substituents is 2. The summed E-state index contributed by atoms with van der Waals surface area (Å²) in [6.07, 6.45) is 0. The topological polar surface area (TPSA) is 64.5 Å². The molecule has 1 aromatic rings. The van der Waals surface area contributed by atoms with E-state index >= 15 is 0 Å². The minimum atomic E-state index is -0.0717. The Morgan fingerprint density at radius 3 is 2.64 bits per heavy atom. The molecule has 4 nitrogen and oxygen atoms in total. The van der Waals surface area contributed by atoms with Crippen LogP contribution in [0.25, 0.3) is 0 Å². The SMILES string of the molecule is Oc1ccc([C@@H]2CNCCN2)cc1O. The molecule has 1 saturated heterocycles. The van der Waals surface area contributed by atoms with Crippen molar-refractivity contribution in [2.24, 2.45) is 0 Å². The summed E-state index contributed by atoms with van der Waals surface area (Å²) in [5.74, 6) is -0.132. The molecule has 0 radical (unpaired) electrons. The van der Waals surface area contributed by atoms with Gasteiger partial charge in [-0.15, -0.1) is 0 Å². The van der Waals surface area contributed by atoms with Crippen LogP contribution in [0.4, 0.5) is 0 Å². The molecule has 1 aromatic carbocycles. The monoisotopic (exact) mass is 194 g/mol. The molecular weight excluding hydrogens is 180 g/mol. The fourth-order valence-electron chi connectivity index (χ4n) is 1.65. The van der Waals surface area contributed by atoms with Crippen molar-refractivity contribution in [3.63, 3.8) is 0 Å². The molecule has 1 fully saturated rings. The molecule has 4 N–H and O–H groups in total. The van der Waals surface area contributed by atoms with Gasteiger partial charge in [-0.05, 0) is 17.7 Å². The number of piperazine rings is 1. The molecule has 1 atom stereocenters. The van der Waals surface area contributed by atoms with E-state index in [1.807, 2.05) is 6.07 Å². The first-order valence-electron chi connectivity index (χ1n) is 4.73. The Balaban J connectivity index is 2.18. The zero-order valence-corrected chi connectivity index (χ0v) is 7.83. The number of nitrogens with one attached hydrogen (secondary N) is 2. The van der Waals surface area contributed by atoms with Crippen LogP contribution in [0.1, 0.15) is 11.6 Å². The maximum Gasteiger partial charge on any atom is 0.157 e. The highest BCUT2D eigenvalue weighted by Crippen LogP contribution is 2.27. The third-order valence-electron chi connectivity index (χ3n) is 2.44. The van der Waals surface area contributed by atoms with Crippen molar-refractivity contribution >= 4 is 0 Å². The predicted molar refractivity (Wildman–Crippen MR) is 53.4 cm³/mol. The van der Waals surface area contributed by atoms with Gasteiger partial charge in [-0.1, -0.05) is 6.07 Å². The molecular formula is C10H14N2O2. The average molecular weight is 194 g/mol. The number of phenols is 2. The third kappa shape index (κ3) is 1.81. The number of rotatable bonds is 1. The lowest BCUT2D eigenvalue weighted by Crippen LogP contribution is -2.42. The Labute approximate surface area is 82.6 Å². The van der Waals surface area contributed by atoms with Crippen LogP contribution in [0.2, 0.25) is 0 Å². The first-order valence-corrected chi connectivity index (χ1v) is 4.73. The molecule has 1 aliphatic heterocycles. The zero-order chi connectivity index (χ0) is 9.97. The van der Waals surface area contributed by atoms with Crippen LogP contribution in [-0.4, -0.2) is 29.8 Å². The van der Waals surface area contributed by atoms with E-state index in [-0.39, 0.29) is 17.5 Å². The molecule has 0 aliphatic carbocycles. The Bertz CT molecular complexity index is 322. The van der Waals surface area contributed by atoms with Gasteiger partial charge in [-0.3, -0.25) is 0 Å². The van der Waals surface area contributed by atoms with Gasteiger partial charge in [0.1, 0.15) is 0 Å². The predicted octanol–water partition coefficient (Wildman–Crippen LogP) is 0.332. The molecule has 0 unspecified atom stereocenters. The van der Waals surface area contributed by atoms with Crippen LogP contribution in [0, 0.1) is 0 Å². The lowest BCUT2D eigenvalue weighted by Gasteiger charge is -2.24. The van der Waals surface area contributed by atoms with Crippen molar-refractivity contribution in [3.8, 4) is 11.5 Å². The van der Waals surface area contributed by atoms with Gasteiger partial charge in [0, 0.05) is 25.7 Å². The van der Waals surface area contributed by atoms with Crippen molar-refractivity contribution in [2.75, 3.05) is 19.6 Å². The van der Waals surface area contributed by atoms with E-state index in [4.69, 9.17) is 5.11 Å². The van der Waals surface area contributed by atoms with Crippen molar-refractivity contribution in [2.45, 2.75) is 6.04 Å². The summed E-state index contributed by atoms with van der Waals surface area (Å²) in [6, 6.07) is 5.15. The molecule has 2 rings (SSSR count). The van der Waals surface area contributed by atoms with Crippen LogP contribution in [0.3, 0.4) is 0 Å². The molecule has 0 spiro atoms. The second-order valence-corrected chi connectivity index (χ2v) is 3.46. The van der Waals surface area contributed by atoms with E-state index in [9.17, 15) is 5.11 Å². The van der Waals surface area contributed by atoms with Crippen LogP contribution in [0.5, 0.6) is 11.5 Å². The molecule has 4 heteroatoms. The standard InChI is InChI=1S/C10H14N2O2/c13-9-2-1-7(5-10(9)14)8-6-11-3-4-12-8/h1-2,5,8,11-14H,3-4,6H2/t8-/m0/s1. The number of hydrogen-bond donors (Lipinski definition) is 4. The second-order valence-electron chi connectivity index (χ2n) is 3.46. The van der Waals surface area contributed by atoms with Gasteiger partial charge in [0.15, 0.2) is 11.5 Å². The van der Waals surface area contributed by atoms with Gasteiger partial charge in [-0.2, -0.15) is 0 Å². The van der Waals surface area contributed by atoms with Crippen molar-refractivity contribution in [3.05, 3.63) is 23.8 Å². The molecule has 0 aromatic heterocycles. The lowest BCUT2D eigenvalue weighted by molar-refractivity contribution is 0.397. The van der Waals surface area contributed by atoms with Crippen molar-refractivity contribution in [1.82, 2.24) is 10.6 Å². The lowest BCUT2D eigenvalue weighted by atomic mass is 10.0. The van der Waals surface area contributed by atoms with E-state index in [1.165, 1.54) is 6.07 Å². The van der Waals surface area contributed by atoms with Crippen LogP contribution in [-0.2, 0) is 0 Å². The number of aromatic hydroxyl groups is 2. The highest BCUT2D eigenvalue weighted by molar-refractivity contribution is 5.41. The summed E-state index contributed by atoms with van der Waals surface area (Å²) in [5.41, 5.74) is 0.993. The smallest absolute Gasteiger partial charge is 0.157 e. The normalized spacial score (nSPS) is 22.1. The molecule has 76 valence electrons. The molecule has 0 amide bonds. The Kier molecular flexibility index (Phi) is 2.56. The van der Waals surface area contributed by atoms with Gasteiger partial charge in [-0.25, -0.2) is 0 Å². The summed E-state index contributed by atoms with van der Waals surface area (Å²) in [4.78, 5) is 0. The highest BCUT2D eigenvalue weighted by atomic mass is 16.3. The molecule has 0 saturated carbocycles. The van der Waals surface area contributed by atoms with E-state index in [0.717, 1.165) is 25.2 Å². The maximum atomic E-state index is 9.33. The van der Waals surface area contributed by atoms with Crippen LogP contribution < -0.4 is 10.6 Å². The zero-order valence-electron chi connectivity index (χ0n) is 7.83. The van der Waals surface area contributed by atoms with Gasteiger partial charge in [0.2, 0.25) is 0 Å². The average Bonchev–Trinajstić information content (AvgIpc) is 2.23. The van der Waals surface area contributed by atoms with Crippen molar-refractivity contribution in [1.29, 1.82) is 0 Å². The van der Waals surface area contributed by atoms with Gasteiger partial charge < -0.3 is 20.8 Å². The van der Waals surface area contributed by atoms with Crippen LogP contribution >= 0.6 is 0 Å². The number of hydrogen-bond acceptors (Lipinski definition) is 4.